The van der Waals surface area contributed by atoms with Crippen molar-refractivity contribution in [1.82, 2.24) is 19.6 Å². The number of aliphatic carboxylic acids is 1. The second-order valence-electron chi connectivity index (χ2n) is 3.95. The lowest BCUT2D eigenvalue weighted by Crippen LogP contribution is -2.23. The van der Waals surface area contributed by atoms with E-state index >= 15 is 0 Å². The second kappa shape index (κ2) is 5.34. The van der Waals surface area contributed by atoms with Gasteiger partial charge in [0.05, 0.1) is 11.9 Å². The molecule has 0 aliphatic rings. The summed E-state index contributed by atoms with van der Waals surface area (Å²) in [5.41, 5.74) is 0.0841. The number of carbonyl (C=O) groups is 2. The van der Waals surface area contributed by atoms with Gasteiger partial charge in [0.15, 0.2) is 0 Å². The molecule has 2 N–H and O–H groups in total. The summed E-state index contributed by atoms with van der Waals surface area (Å²) in [5, 5.41) is 18.7. The molecule has 0 spiro atoms. The van der Waals surface area contributed by atoms with E-state index in [1.54, 1.807) is 0 Å². The summed E-state index contributed by atoms with van der Waals surface area (Å²) in [6.45, 7) is -0.298. The molecular weight excluding hydrogens is 266 g/mol. The Morgan fingerprint density at radius 3 is 2.80 bits per heavy atom. The van der Waals surface area contributed by atoms with E-state index in [0.717, 1.165) is 4.68 Å². The summed E-state index contributed by atoms with van der Waals surface area (Å²) < 4.78 is 2.22. The van der Waals surface area contributed by atoms with Crippen LogP contribution in [0.1, 0.15) is 10.5 Å². The Labute approximate surface area is 112 Å². The molecule has 0 unspecified atom stereocenters. The van der Waals surface area contributed by atoms with Gasteiger partial charge in [-0.2, -0.15) is 10.2 Å². The van der Waals surface area contributed by atoms with E-state index in [1.165, 1.54) is 36.3 Å². The van der Waals surface area contributed by atoms with Crippen molar-refractivity contribution >= 4 is 17.6 Å². The number of carboxylic acids is 1. The zero-order valence-electron chi connectivity index (χ0n) is 10.5. The van der Waals surface area contributed by atoms with E-state index in [0.29, 0.717) is 5.69 Å². The highest BCUT2D eigenvalue weighted by molar-refractivity contribution is 6.02. The van der Waals surface area contributed by atoms with Crippen LogP contribution in [0.25, 0.3) is 0 Å². The van der Waals surface area contributed by atoms with E-state index in [9.17, 15) is 14.4 Å². The van der Waals surface area contributed by atoms with Gasteiger partial charge < -0.3 is 10.4 Å². The molecule has 2 aromatic heterocycles. The van der Waals surface area contributed by atoms with Crippen molar-refractivity contribution in [2.45, 2.75) is 6.54 Å². The van der Waals surface area contributed by atoms with Crippen LogP contribution >= 0.6 is 0 Å². The van der Waals surface area contributed by atoms with Crippen LogP contribution in [0.3, 0.4) is 0 Å². The molecule has 0 fully saturated rings. The fourth-order valence-corrected chi connectivity index (χ4v) is 1.47. The van der Waals surface area contributed by atoms with Crippen LogP contribution in [-0.4, -0.2) is 36.5 Å². The highest BCUT2D eigenvalue weighted by Gasteiger charge is 2.10. The van der Waals surface area contributed by atoms with Crippen LogP contribution in [0.5, 0.6) is 0 Å². The Morgan fingerprint density at radius 2 is 2.15 bits per heavy atom. The lowest BCUT2D eigenvalue weighted by molar-refractivity contribution is -0.137. The van der Waals surface area contributed by atoms with Crippen molar-refractivity contribution in [2.75, 3.05) is 5.32 Å². The van der Waals surface area contributed by atoms with Crippen LogP contribution in [0.4, 0.5) is 5.69 Å². The van der Waals surface area contributed by atoms with Gasteiger partial charge in [0.1, 0.15) is 12.2 Å². The average Bonchev–Trinajstić information content (AvgIpc) is 2.79. The third-order valence-corrected chi connectivity index (χ3v) is 2.38. The Balaban J connectivity index is 2.11. The van der Waals surface area contributed by atoms with Crippen molar-refractivity contribution in [2.24, 2.45) is 7.05 Å². The lowest BCUT2D eigenvalue weighted by atomic mass is 10.3. The number of anilines is 1. The molecular formula is C11H11N5O4. The van der Waals surface area contributed by atoms with E-state index < -0.39 is 11.9 Å². The molecule has 0 saturated carbocycles. The minimum atomic E-state index is -1.04. The molecule has 2 rings (SSSR count). The van der Waals surface area contributed by atoms with Crippen LogP contribution in [0.15, 0.2) is 29.3 Å². The summed E-state index contributed by atoms with van der Waals surface area (Å²) in [4.78, 5) is 33.5. The zero-order chi connectivity index (χ0) is 14.7. The first-order valence-electron chi connectivity index (χ1n) is 5.55. The number of carbonyl (C=O) groups excluding carboxylic acids is 1. The van der Waals surface area contributed by atoms with Gasteiger partial charge >= 0.3 is 5.97 Å². The number of aryl methyl sites for hydroxylation is 1. The number of nitrogens with zero attached hydrogens (tertiary/aromatic N) is 4. The van der Waals surface area contributed by atoms with E-state index in [-0.39, 0.29) is 17.8 Å². The standard InChI is InChI=1S/C11H11N5O4/c1-15-9(17)3-2-8(14-15)11(20)13-7-4-12-16(5-7)6-10(18)19/h2-5H,6H2,1H3,(H,13,20)(H,18,19). The number of nitrogens with one attached hydrogen (secondary N) is 1. The third-order valence-electron chi connectivity index (χ3n) is 2.38. The SMILES string of the molecule is Cn1nc(C(=O)Nc2cnn(CC(=O)O)c2)ccc1=O. The molecule has 2 aromatic rings. The van der Waals surface area contributed by atoms with Gasteiger partial charge in [-0.05, 0) is 6.07 Å². The van der Waals surface area contributed by atoms with E-state index in [1.807, 2.05) is 0 Å². The predicted molar refractivity (Wildman–Crippen MR) is 67.3 cm³/mol. The smallest absolute Gasteiger partial charge is 0.325 e. The molecule has 9 heteroatoms. The van der Waals surface area contributed by atoms with Crippen LogP contribution < -0.4 is 10.9 Å². The summed E-state index contributed by atoms with van der Waals surface area (Å²) in [6.07, 6.45) is 2.71. The first-order chi connectivity index (χ1) is 9.45. The minimum absolute atomic E-state index is 0.0677. The maximum absolute atomic E-state index is 11.9. The number of hydrogen-bond donors (Lipinski definition) is 2. The molecule has 0 radical (unpaired) electrons. The Hall–Kier alpha value is -2.97. The number of hydrogen-bond acceptors (Lipinski definition) is 5. The molecule has 0 aromatic carbocycles. The van der Waals surface area contributed by atoms with Crippen molar-refractivity contribution in [1.29, 1.82) is 0 Å². The Morgan fingerprint density at radius 1 is 1.40 bits per heavy atom. The largest absolute Gasteiger partial charge is 0.480 e. The molecule has 9 nitrogen and oxygen atoms in total. The maximum atomic E-state index is 11.9. The van der Waals surface area contributed by atoms with E-state index in [4.69, 9.17) is 5.11 Å². The lowest BCUT2D eigenvalue weighted by Gasteiger charge is -2.02. The Bertz CT molecular complexity index is 718. The third kappa shape index (κ3) is 3.07. The first kappa shape index (κ1) is 13.5. The molecule has 104 valence electrons. The quantitative estimate of drug-likeness (QED) is 0.763. The maximum Gasteiger partial charge on any atom is 0.325 e. The Kier molecular flexibility index (Phi) is 3.60. The highest BCUT2D eigenvalue weighted by atomic mass is 16.4. The number of amides is 1. The van der Waals surface area contributed by atoms with Gasteiger partial charge in [0.2, 0.25) is 0 Å². The summed E-state index contributed by atoms with van der Waals surface area (Å²) in [7, 11) is 1.43. The van der Waals surface area contributed by atoms with Crippen LogP contribution in [0.2, 0.25) is 0 Å². The van der Waals surface area contributed by atoms with Crippen molar-refractivity contribution < 1.29 is 14.7 Å². The molecule has 1 amide bonds. The molecule has 0 saturated heterocycles. The molecule has 0 aliphatic heterocycles. The number of rotatable bonds is 4. The fraction of sp³-hybridized carbons (Fsp3) is 0.182. The van der Waals surface area contributed by atoms with Gasteiger partial charge in [0, 0.05) is 19.3 Å². The van der Waals surface area contributed by atoms with E-state index in [2.05, 4.69) is 15.5 Å². The normalized spacial score (nSPS) is 10.2. The highest BCUT2D eigenvalue weighted by Crippen LogP contribution is 2.06. The van der Waals surface area contributed by atoms with Crippen LogP contribution in [-0.2, 0) is 18.4 Å². The second-order valence-corrected chi connectivity index (χ2v) is 3.95. The van der Waals surface area contributed by atoms with Gasteiger partial charge in [-0.15, -0.1) is 0 Å². The molecule has 20 heavy (non-hydrogen) atoms. The minimum Gasteiger partial charge on any atom is -0.480 e. The summed E-state index contributed by atoms with van der Waals surface area (Å²) in [6, 6.07) is 2.54. The topological polar surface area (TPSA) is 119 Å². The van der Waals surface area contributed by atoms with Crippen LogP contribution in [0, 0.1) is 0 Å². The van der Waals surface area contributed by atoms with Crippen molar-refractivity contribution in [3.05, 3.63) is 40.6 Å². The van der Waals surface area contributed by atoms with Gasteiger partial charge in [-0.1, -0.05) is 0 Å². The van der Waals surface area contributed by atoms with Crippen molar-refractivity contribution in [3.8, 4) is 0 Å². The number of aromatic nitrogens is 4. The van der Waals surface area contributed by atoms with Gasteiger partial charge in [-0.25, -0.2) is 4.68 Å². The average molecular weight is 277 g/mol. The van der Waals surface area contributed by atoms with Crippen molar-refractivity contribution in [3.63, 3.8) is 0 Å². The first-order valence-corrected chi connectivity index (χ1v) is 5.55. The molecule has 0 bridgehead atoms. The van der Waals surface area contributed by atoms with Gasteiger partial charge in [-0.3, -0.25) is 19.1 Å². The summed E-state index contributed by atoms with van der Waals surface area (Å²) >= 11 is 0. The summed E-state index contributed by atoms with van der Waals surface area (Å²) in [5.74, 6) is -1.55. The zero-order valence-corrected chi connectivity index (χ0v) is 10.5. The monoisotopic (exact) mass is 277 g/mol. The predicted octanol–water partition coefficient (Wildman–Crippen LogP) is -0.686. The fourth-order valence-electron chi connectivity index (χ4n) is 1.47. The number of carboxylic acid groups (broad SMARTS) is 1. The van der Waals surface area contributed by atoms with Gasteiger partial charge in [0.25, 0.3) is 11.5 Å². The molecule has 0 atom stereocenters. The molecule has 2 heterocycles. The molecule has 0 aliphatic carbocycles.